The molecule has 1 aromatic rings. The summed E-state index contributed by atoms with van der Waals surface area (Å²) in [5.41, 5.74) is 0.272. The van der Waals surface area contributed by atoms with E-state index in [0.29, 0.717) is 24.0 Å². The second kappa shape index (κ2) is 6.80. The van der Waals surface area contributed by atoms with Crippen molar-refractivity contribution in [1.29, 1.82) is 0 Å². The first-order chi connectivity index (χ1) is 9.97. The van der Waals surface area contributed by atoms with E-state index in [1.165, 1.54) is 12.1 Å². The highest BCUT2D eigenvalue weighted by Crippen LogP contribution is 2.22. The molecule has 0 spiro atoms. The van der Waals surface area contributed by atoms with Gasteiger partial charge in [0.05, 0.1) is 11.3 Å². The second-order valence-electron chi connectivity index (χ2n) is 5.45. The molecule has 1 heterocycles. The molecule has 2 amide bonds. The minimum absolute atomic E-state index is 0.000889. The number of aromatic carboxylic acids is 1. The number of likely N-dealkylation sites (tertiary alicyclic amines) is 1. The molecular formula is C15H19ClN2O3. The van der Waals surface area contributed by atoms with Crippen LogP contribution >= 0.6 is 11.6 Å². The number of urea groups is 1. The van der Waals surface area contributed by atoms with Gasteiger partial charge in [-0.1, -0.05) is 18.5 Å². The van der Waals surface area contributed by atoms with Gasteiger partial charge in [-0.25, -0.2) is 9.59 Å². The lowest BCUT2D eigenvalue weighted by molar-refractivity contribution is 0.0698. The van der Waals surface area contributed by atoms with Crippen molar-refractivity contribution in [3.63, 3.8) is 0 Å². The average molecular weight is 311 g/mol. The summed E-state index contributed by atoms with van der Waals surface area (Å²) >= 11 is 5.80. The topological polar surface area (TPSA) is 69.6 Å². The van der Waals surface area contributed by atoms with Gasteiger partial charge in [-0.2, -0.15) is 0 Å². The number of carbonyl (C=O) groups is 2. The fourth-order valence-corrected chi connectivity index (χ4v) is 2.63. The molecule has 5 nitrogen and oxygen atoms in total. The fraction of sp³-hybridized carbons (Fsp3) is 0.467. The van der Waals surface area contributed by atoms with E-state index in [9.17, 15) is 9.59 Å². The molecular weight excluding hydrogens is 292 g/mol. The Balaban J connectivity index is 2.10. The number of anilines is 1. The summed E-state index contributed by atoms with van der Waals surface area (Å²) in [7, 11) is 0. The monoisotopic (exact) mass is 310 g/mol. The zero-order valence-corrected chi connectivity index (χ0v) is 12.7. The smallest absolute Gasteiger partial charge is 0.337 e. The normalized spacial score (nSPS) is 19.0. The second-order valence-corrected chi connectivity index (χ2v) is 5.88. The first-order valence-electron chi connectivity index (χ1n) is 7.06. The van der Waals surface area contributed by atoms with Crippen LogP contribution in [0.25, 0.3) is 0 Å². The van der Waals surface area contributed by atoms with Gasteiger partial charge >= 0.3 is 12.0 Å². The van der Waals surface area contributed by atoms with E-state index in [1.807, 2.05) is 0 Å². The Hall–Kier alpha value is -1.75. The number of hydrogen-bond acceptors (Lipinski definition) is 2. The van der Waals surface area contributed by atoms with Gasteiger partial charge in [0.1, 0.15) is 0 Å². The Morgan fingerprint density at radius 2 is 2.10 bits per heavy atom. The van der Waals surface area contributed by atoms with Crippen LogP contribution in [0, 0.1) is 5.92 Å². The third-order valence-corrected chi connectivity index (χ3v) is 3.99. The van der Waals surface area contributed by atoms with E-state index in [0.717, 1.165) is 19.3 Å². The van der Waals surface area contributed by atoms with Crippen LogP contribution in [-0.2, 0) is 0 Å². The molecule has 1 fully saturated rings. The van der Waals surface area contributed by atoms with E-state index < -0.39 is 5.97 Å². The van der Waals surface area contributed by atoms with Crippen molar-refractivity contribution in [2.24, 2.45) is 5.92 Å². The lowest BCUT2D eigenvalue weighted by atomic mass is 10.0. The van der Waals surface area contributed by atoms with Gasteiger partial charge < -0.3 is 15.3 Å². The SMILES string of the molecule is CC1CCCN(C(=O)Nc2ccc(Cl)cc2C(=O)O)CC1. The Morgan fingerprint density at radius 1 is 1.33 bits per heavy atom. The Morgan fingerprint density at radius 3 is 2.81 bits per heavy atom. The molecule has 0 saturated carbocycles. The predicted octanol–water partition coefficient (Wildman–Crippen LogP) is 3.69. The molecule has 1 saturated heterocycles. The number of amides is 2. The predicted molar refractivity (Wildman–Crippen MR) is 82.0 cm³/mol. The summed E-state index contributed by atoms with van der Waals surface area (Å²) in [5, 5.41) is 12.2. The number of nitrogens with zero attached hydrogens (tertiary/aromatic N) is 1. The quantitative estimate of drug-likeness (QED) is 0.875. The number of carboxylic acids is 1. The van der Waals surface area contributed by atoms with Crippen molar-refractivity contribution >= 4 is 29.3 Å². The minimum Gasteiger partial charge on any atom is -0.478 e. The zero-order chi connectivity index (χ0) is 15.4. The van der Waals surface area contributed by atoms with Gasteiger partial charge in [-0.15, -0.1) is 0 Å². The third kappa shape index (κ3) is 4.11. The van der Waals surface area contributed by atoms with Crippen LogP contribution in [0.3, 0.4) is 0 Å². The van der Waals surface area contributed by atoms with Gasteiger partial charge in [0.2, 0.25) is 0 Å². The highest BCUT2D eigenvalue weighted by molar-refractivity contribution is 6.31. The lowest BCUT2D eigenvalue weighted by Crippen LogP contribution is -2.36. The molecule has 0 bridgehead atoms. The van der Waals surface area contributed by atoms with Crippen molar-refractivity contribution in [3.05, 3.63) is 28.8 Å². The molecule has 114 valence electrons. The van der Waals surface area contributed by atoms with Crippen LogP contribution in [0.15, 0.2) is 18.2 Å². The molecule has 1 aromatic carbocycles. The molecule has 1 aliphatic rings. The number of carbonyl (C=O) groups excluding carboxylic acids is 1. The molecule has 0 aromatic heterocycles. The minimum atomic E-state index is -1.11. The van der Waals surface area contributed by atoms with Crippen LogP contribution in [0.2, 0.25) is 5.02 Å². The maximum atomic E-state index is 12.3. The lowest BCUT2D eigenvalue weighted by Gasteiger charge is -2.21. The molecule has 0 radical (unpaired) electrons. The summed E-state index contributed by atoms with van der Waals surface area (Å²) in [5.74, 6) is -0.495. The molecule has 6 heteroatoms. The summed E-state index contributed by atoms with van der Waals surface area (Å²) in [4.78, 5) is 25.2. The van der Waals surface area contributed by atoms with Crippen molar-refractivity contribution < 1.29 is 14.7 Å². The standard InChI is InChI=1S/C15H19ClN2O3/c1-10-3-2-7-18(8-6-10)15(21)17-13-5-4-11(16)9-12(13)14(19)20/h4-5,9-10H,2-3,6-8H2,1H3,(H,17,21)(H,19,20). The molecule has 1 aliphatic heterocycles. The van der Waals surface area contributed by atoms with Crippen molar-refractivity contribution in [2.75, 3.05) is 18.4 Å². The van der Waals surface area contributed by atoms with Crippen LogP contribution in [-0.4, -0.2) is 35.1 Å². The summed E-state index contributed by atoms with van der Waals surface area (Å²) in [6, 6.07) is 4.16. The van der Waals surface area contributed by atoms with E-state index >= 15 is 0 Å². The first kappa shape index (κ1) is 15.6. The van der Waals surface area contributed by atoms with Gasteiger partial charge in [0.25, 0.3) is 0 Å². The Kier molecular flexibility index (Phi) is 5.07. The van der Waals surface area contributed by atoms with Crippen LogP contribution in [0.5, 0.6) is 0 Å². The third-order valence-electron chi connectivity index (χ3n) is 3.76. The van der Waals surface area contributed by atoms with Crippen molar-refractivity contribution in [1.82, 2.24) is 4.90 Å². The van der Waals surface area contributed by atoms with Crippen LogP contribution in [0.4, 0.5) is 10.5 Å². The van der Waals surface area contributed by atoms with Crippen molar-refractivity contribution in [3.8, 4) is 0 Å². The Labute approximate surface area is 128 Å². The highest BCUT2D eigenvalue weighted by Gasteiger charge is 2.20. The molecule has 0 aliphatic carbocycles. The number of benzene rings is 1. The van der Waals surface area contributed by atoms with E-state index in [1.54, 1.807) is 11.0 Å². The maximum absolute atomic E-state index is 12.3. The average Bonchev–Trinajstić information content (AvgIpc) is 2.65. The van der Waals surface area contributed by atoms with Crippen LogP contribution < -0.4 is 5.32 Å². The number of rotatable bonds is 2. The zero-order valence-electron chi connectivity index (χ0n) is 11.9. The van der Waals surface area contributed by atoms with Gasteiger partial charge in [-0.3, -0.25) is 0 Å². The van der Waals surface area contributed by atoms with Crippen LogP contribution in [0.1, 0.15) is 36.5 Å². The molecule has 2 rings (SSSR count). The fourth-order valence-electron chi connectivity index (χ4n) is 2.46. The van der Waals surface area contributed by atoms with Crippen molar-refractivity contribution in [2.45, 2.75) is 26.2 Å². The highest BCUT2D eigenvalue weighted by atomic mass is 35.5. The van der Waals surface area contributed by atoms with E-state index in [4.69, 9.17) is 16.7 Å². The molecule has 1 unspecified atom stereocenters. The number of carboxylic acid groups (broad SMARTS) is 1. The Bertz CT molecular complexity index is 548. The summed E-state index contributed by atoms with van der Waals surface area (Å²) < 4.78 is 0. The molecule has 21 heavy (non-hydrogen) atoms. The van der Waals surface area contributed by atoms with Gasteiger partial charge in [0.15, 0.2) is 0 Å². The van der Waals surface area contributed by atoms with Gasteiger partial charge in [0, 0.05) is 18.1 Å². The van der Waals surface area contributed by atoms with E-state index in [-0.39, 0.29) is 17.3 Å². The van der Waals surface area contributed by atoms with Gasteiger partial charge in [-0.05, 0) is 43.4 Å². The van der Waals surface area contributed by atoms with E-state index in [2.05, 4.69) is 12.2 Å². The number of nitrogens with one attached hydrogen (secondary N) is 1. The number of halogens is 1. The number of hydrogen-bond donors (Lipinski definition) is 2. The first-order valence-corrected chi connectivity index (χ1v) is 7.44. The maximum Gasteiger partial charge on any atom is 0.337 e. The largest absolute Gasteiger partial charge is 0.478 e. The summed E-state index contributed by atoms with van der Waals surface area (Å²) in [6.07, 6.45) is 3.06. The molecule has 1 atom stereocenters. The molecule has 2 N–H and O–H groups in total. The summed E-state index contributed by atoms with van der Waals surface area (Å²) in [6.45, 7) is 3.58.